The first-order valence-corrected chi connectivity index (χ1v) is 7.54. The fourth-order valence-corrected chi connectivity index (χ4v) is 2.72. The molecule has 1 aromatic heterocycles. The summed E-state index contributed by atoms with van der Waals surface area (Å²) in [4.78, 5) is 18.9. The highest BCUT2D eigenvalue weighted by molar-refractivity contribution is 5.96. The van der Waals surface area contributed by atoms with Crippen LogP contribution in [-0.4, -0.2) is 22.4 Å². The lowest BCUT2D eigenvalue weighted by atomic mass is 10.1. The van der Waals surface area contributed by atoms with Crippen molar-refractivity contribution in [2.75, 3.05) is 6.61 Å². The van der Waals surface area contributed by atoms with Gasteiger partial charge in [-0.05, 0) is 49.2 Å². The van der Waals surface area contributed by atoms with Gasteiger partial charge in [-0.15, -0.1) is 0 Å². The fraction of sp³-hybridized carbons (Fsp3) is 0.278. The lowest BCUT2D eigenvalue weighted by Gasteiger charge is -2.17. The maximum Gasteiger partial charge on any atom is 0.259 e. The molecule has 0 aliphatic carbocycles. The Morgan fingerprint density at radius 2 is 2.09 bits per heavy atom. The van der Waals surface area contributed by atoms with Crippen LogP contribution in [0.3, 0.4) is 0 Å². The molecule has 1 aliphatic heterocycles. The number of pyridine rings is 1. The fourth-order valence-electron chi connectivity index (χ4n) is 2.72. The Hall–Kier alpha value is -2.87. The predicted octanol–water partition coefficient (Wildman–Crippen LogP) is 2.82. The summed E-state index contributed by atoms with van der Waals surface area (Å²) in [6.45, 7) is 5.24. The van der Waals surface area contributed by atoms with Crippen LogP contribution in [0.4, 0.5) is 0 Å². The number of carbonyl (C=O) groups excluding carboxylic acids is 1. The molecule has 3 rings (SSSR count). The Balaban J connectivity index is 1.87. The van der Waals surface area contributed by atoms with Crippen LogP contribution in [0.2, 0.25) is 0 Å². The molecule has 1 amide bonds. The van der Waals surface area contributed by atoms with Gasteiger partial charge in [0.25, 0.3) is 5.91 Å². The summed E-state index contributed by atoms with van der Waals surface area (Å²) in [5, 5.41) is 8.99. The molecule has 5 nitrogen and oxygen atoms in total. The van der Waals surface area contributed by atoms with E-state index in [1.807, 2.05) is 32.0 Å². The van der Waals surface area contributed by atoms with E-state index in [2.05, 4.69) is 11.1 Å². The molecule has 0 saturated heterocycles. The van der Waals surface area contributed by atoms with Gasteiger partial charge in [-0.2, -0.15) is 5.26 Å². The molecule has 1 aromatic carbocycles. The molecule has 116 valence electrons. The van der Waals surface area contributed by atoms with E-state index in [9.17, 15) is 4.79 Å². The number of nitrogens with zero attached hydrogens (tertiary/aromatic N) is 3. The van der Waals surface area contributed by atoms with Crippen molar-refractivity contribution in [1.82, 2.24) is 9.88 Å². The largest absolute Gasteiger partial charge is 0.477 e. The quantitative estimate of drug-likeness (QED) is 0.874. The zero-order valence-corrected chi connectivity index (χ0v) is 13.2. The van der Waals surface area contributed by atoms with Gasteiger partial charge in [0, 0.05) is 18.8 Å². The number of carbonyl (C=O) groups is 1. The number of fused-ring (bicyclic) bond motifs is 1. The molecule has 1 aliphatic rings. The minimum Gasteiger partial charge on any atom is -0.477 e. The molecule has 5 heteroatoms. The van der Waals surface area contributed by atoms with Crippen LogP contribution in [0, 0.1) is 18.3 Å². The van der Waals surface area contributed by atoms with Crippen molar-refractivity contribution in [3.63, 3.8) is 0 Å². The minimum absolute atomic E-state index is 0.101. The number of amides is 1. The summed E-state index contributed by atoms with van der Waals surface area (Å²) in [5.74, 6) is 0.279. The van der Waals surface area contributed by atoms with E-state index in [-0.39, 0.29) is 5.91 Å². The van der Waals surface area contributed by atoms with Crippen LogP contribution < -0.4 is 4.74 Å². The van der Waals surface area contributed by atoms with E-state index in [4.69, 9.17) is 10.00 Å². The van der Waals surface area contributed by atoms with Gasteiger partial charge in [0.15, 0.2) is 0 Å². The molecule has 0 bridgehead atoms. The van der Waals surface area contributed by atoms with Crippen LogP contribution >= 0.6 is 0 Å². The van der Waals surface area contributed by atoms with Crippen molar-refractivity contribution in [2.24, 2.45) is 0 Å². The maximum absolute atomic E-state index is 12.8. The zero-order valence-electron chi connectivity index (χ0n) is 13.2. The molecule has 0 fully saturated rings. The van der Waals surface area contributed by atoms with Gasteiger partial charge in [0.1, 0.15) is 5.56 Å². The van der Waals surface area contributed by atoms with Crippen molar-refractivity contribution >= 4 is 5.91 Å². The summed E-state index contributed by atoms with van der Waals surface area (Å²) < 4.78 is 5.51. The summed E-state index contributed by atoms with van der Waals surface area (Å²) in [6.07, 6.45) is 0. The second-order valence-corrected chi connectivity index (χ2v) is 5.49. The number of aromatic nitrogens is 1. The summed E-state index contributed by atoms with van der Waals surface area (Å²) in [7, 11) is 0. The number of ether oxygens (including phenoxy) is 1. The number of rotatable bonds is 3. The smallest absolute Gasteiger partial charge is 0.259 e. The van der Waals surface area contributed by atoms with Crippen LogP contribution in [0.5, 0.6) is 5.88 Å². The van der Waals surface area contributed by atoms with Gasteiger partial charge in [0.05, 0.1) is 18.2 Å². The van der Waals surface area contributed by atoms with Crippen LogP contribution in [0.25, 0.3) is 0 Å². The Labute approximate surface area is 135 Å². The lowest BCUT2D eigenvalue weighted by molar-refractivity contribution is 0.0746. The highest BCUT2D eigenvalue weighted by Crippen LogP contribution is 2.27. The SMILES string of the molecule is CCOc1nc(C)ccc1C(=O)N1Cc2ccc(C#N)cc2C1. The predicted molar refractivity (Wildman–Crippen MR) is 84.9 cm³/mol. The van der Waals surface area contributed by atoms with E-state index in [0.29, 0.717) is 36.7 Å². The molecule has 0 radical (unpaired) electrons. The standard InChI is InChI=1S/C18H17N3O2/c1-3-23-17-16(7-4-12(2)20-17)18(22)21-10-14-6-5-13(9-19)8-15(14)11-21/h4-8H,3,10-11H2,1-2H3. The first kappa shape index (κ1) is 15.0. The van der Waals surface area contributed by atoms with Crippen LogP contribution in [-0.2, 0) is 13.1 Å². The van der Waals surface area contributed by atoms with E-state index in [1.165, 1.54) is 0 Å². The Morgan fingerprint density at radius 3 is 2.83 bits per heavy atom. The Bertz CT molecular complexity index is 808. The maximum atomic E-state index is 12.8. The van der Waals surface area contributed by atoms with E-state index < -0.39 is 0 Å². The van der Waals surface area contributed by atoms with Gasteiger partial charge in [-0.1, -0.05) is 6.07 Å². The molecule has 0 N–H and O–H groups in total. The Morgan fingerprint density at radius 1 is 1.30 bits per heavy atom. The molecule has 2 aromatic rings. The molecule has 0 spiro atoms. The third kappa shape index (κ3) is 2.88. The van der Waals surface area contributed by atoms with Gasteiger partial charge in [-0.25, -0.2) is 4.98 Å². The summed E-state index contributed by atoms with van der Waals surface area (Å²) >= 11 is 0. The first-order chi connectivity index (χ1) is 11.1. The van der Waals surface area contributed by atoms with Gasteiger partial charge in [-0.3, -0.25) is 4.79 Å². The van der Waals surface area contributed by atoms with Gasteiger partial charge < -0.3 is 9.64 Å². The molecular weight excluding hydrogens is 290 g/mol. The summed E-state index contributed by atoms with van der Waals surface area (Å²) in [6, 6.07) is 11.3. The Kier molecular flexibility index (Phi) is 3.98. The molecule has 0 atom stereocenters. The lowest BCUT2D eigenvalue weighted by Crippen LogP contribution is -2.26. The molecule has 2 heterocycles. The molecule has 0 saturated carbocycles. The normalized spacial score (nSPS) is 12.7. The van der Waals surface area contributed by atoms with Crippen molar-refractivity contribution in [2.45, 2.75) is 26.9 Å². The number of hydrogen-bond donors (Lipinski definition) is 0. The second-order valence-electron chi connectivity index (χ2n) is 5.49. The van der Waals surface area contributed by atoms with Crippen molar-refractivity contribution in [1.29, 1.82) is 5.26 Å². The monoisotopic (exact) mass is 307 g/mol. The van der Waals surface area contributed by atoms with E-state index >= 15 is 0 Å². The average Bonchev–Trinajstić information content (AvgIpc) is 2.97. The number of nitriles is 1. The highest BCUT2D eigenvalue weighted by atomic mass is 16.5. The molecule has 23 heavy (non-hydrogen) atoms. The second kappa shape index (κ2) is 6.09. The van der Waals surface area contributed by atoms with Crippen molar-refractivity contribution in [3.8, 4) is 11.9 Å². The zero-order chi connectivity index (χ0) is 16.4. The van der Waals surface area contributed by atoms with Crippen LogP contribution in [0.1, 0.15) is 39.7 Å². The minimum atomic E-state index is -0.101. The molecular formula is C18H17N3O2. The first-order valence-electron chi connectivity index (χ1n) is 7.54. The topological polar surface area (TPSA) is 66.2 Å². The third-order valence-electron chi connectivity index (χ3n) is 3.86. The highest BCUT2D eigenvalue weighted by Gasteiger charge is 2.27. The van der Waals surface area contributed by atoms with E-state index in [1.54, 1.807) is 17.0 Å². The average molecular weight is 307 g/mol. The number of hydrogen-bond acceptors (Lipinski definition) is 4. The van der Waals surface area contributed by atoms with E-state index in [0.717, 1.165) is 16.8 Å². The van der Waals surface area contributed by atoms with Gasteiger partial charge in [0.2, 0.25) is 5.88 Å². The molecule has 0 unspecified atom stereocenters. The van der Waals surface area contributed by atoms with Crippen molar-refractivity contribution < 1.29 is 9.53 Å². The number of aryl methyl sites for hydroxylation is 1. The third-order valence-corrected chi connectivity index (χ3v) is 3.86. The summed E-state index contributed by atoms with van der Waals surface area (Å²) in [5.41, 5.74) is 4.01. The van der Waals surface area contributed by atoms with Crippen LogP contribution in [0.15, 0.2) is 30.3 Å². The number of benzene rings is 1. The van der Waals surface area contributed by atoms with Gasteiger partial charge >= 0.3 is 0 Å². The van der Waals surface area contributed by atoms with Crippen molar-refractivity contribution in [3.05, 3.63) is 58.3 Å².